The first-order chi connectivity index (χ1) is 13.5. The molecule has 1 aliphatic carbocycles. The first kappa shape index (κ1) is 20.2. The lowest BCUT2D eigenvalue weighted by atomic mass is 9.85. The lowest BCUT2D eigenvalue weighted by Crippen LogP contribution is -2.16. The molecule has 1 aliphatic rings. The zero-order chi connectivity index (χ0) is 20.3. The molecule has 3 rings (SSSR count). The van der Waals surface area contributed by atoms with E-state index in [1.54, 1.807) is 25.3 Å². The first-order valence-electron chi connectivity index (χ1n) is 9.28. The number of hydrogen-bond acceptors (Lipinski definition) is 6. The van der Waals surface area contributed by atoms with Gasteiger partial charge in [0.05, 0.1) is 26.9 Å². The number of anilines is 1. The van der Waals surface area contributed by atoms with E-state index in [2.05, 4.69) is 12.2 Å². The van der Waals surface area contributed by atoms with Crippen LogP contribution in [0, 0.1) is 5.92 Å². The van der Waals surface area contributed by atoms with Crippen LogP contribution in [0.5, 0.6) is 11.5 Å². The molecule has 0 saturated heterocycles. The van der Waals surface area contributed by atoms with Crippen LogP contribution in [0.25, 0.3) is 0 Å². The molecule has 1 N–H and O–H groups in total. The van der Waals surface area contributed by atoms with Gasteiger partial charge in [-0.15, -0.1) is 11.3 Å². The Morgan fingerprint density at radius 3 is 2.57 bits per heavy atom. The number of methoxy groups -OCH3 is 3. The highest BCUT2D eigenvalue weighted by Crippen LogP contribution is 2.41. The van der Waals surface area contributed by atoms with Crippen LogP contribution in [-0.2, 0) is 17.6 Å². The second-order valence-corrected chi connectivity index (χ2v) is 7.85. The number of ether oxygens (including phenoxy) is 3. The van der Waals surface area contributed by atoms with E-state index in [-0.39, 0.29) is 5.91 Å². The Morgan fingerprint density at radius 1 is 1.18 bits per heavy atom. The van der Waals surface area contributed by atoms with Gasteiger partial charge in [0.25, 0.3) is 5.91 Å². The molecule has 1 aromatic heterocycles. The molecule has 0 fully saturated rings. The summed E-state index contributed by atoms with van der Waals surface area (Å²) >= 11 is 1.48. The van der Waals surface area contributed by atoms with Gasteiger partial charge in [-0.3, -0.25) is 4.79 Å². The van der Waals surface area contributed by atoms with E-state index in [4.69, 9.17) is 14.2 Å². The van der Waals surface area contributed by atoms with Crippen LogP contribution in [0.1, 0.15) is 50.9 Å². The largest absolute Gasteiger partial charge is 0.493 e. The third-order valence-electron chi connectivity index (χ3n) is 5.21. The SMILES string of the molecule is CCC1CCc2c(sc(NC(=O)c3ccc(OC)c(OC)c3)c2C(=O)OC)C1. The van der Waals surface area contributed by atoms with E-state index in [9.17, 15) is 9.59 Å². The summed E-state index contributed by atoms with van der Waals surface area (Å²) in [6, 6.07) is 4.96. The number of carbonyl (C=O) groups is 2. The summed E-state index contributed by atoms with van der Waals surface area (Å²) in [4.78, 5) is 26.4. The van der Waals surface area contributed by atoms with Gasteiger partial charge in [-0.25, -0.2) is 4.79 Å². The highest BCUT2D eigenvalue weighted by Gasteiger charge is 2.29. The normalized spacial score (nSPS) is 15.5. The standard InChI is InChI=1S/C21H25NO5S/c1-5-12-6-8-14-17(10-12)28-20(18(14)21(24)27-4)22-19(23)13-7-9-15(25-2)16(11-13)26-3/h7,9,11-12H,5-6,8,10H2,1-4H3,(H,22,23). The van der Waals surface area contributed by atoms with E-state index >= 15 is 0 Å². The van der Waals surface area contributed by atoms with Gasteiger partial charge < -0.3 is 19.5 Å². The third kappa shape index (κ3) is 3.85. The van der Waals surface area contributed by atoms with Crippen molar-refractivity contribution in [1.82, 2.24) is 0 Å². The Kier molecular flexibility index (Phi) is 6.24. The number of esters is 1. The van der Waals surface area contributed by atoms with Crippen molar-refractivity contribution in [3.8, 4) is 11.5 Å². The molecule has 1 amide bonds. The summed E-state index contributed by atoms with van der Waals surface area (Å²) in [6.07, 6.45) is 3.93. The maximum atomic E-state index is 12.8. The third-order valence-corrected chi connectivity index (χ3v) is 6.38. The zero-order valence-electron chi connectivity index (χ0n) is 16.6. The Labute approximate surface area is 168 Å². The fourth-order valence-corrected chi connectivity index (χ4v) is 4.91. The molecule has 0 saturated carbocycles. The van der Waals surface area contributed by atoms with Gasteiger partial charge in [0.15, 0.2) is 11.5 Å². The van der Waals surface area contributed by atoms with Crippen LogP contribution < -0.4 is 14.8 Å². The van der Waals surface area contributed by atoms with Gasteiger partial charge in [-0.05, 0) is 48.9 Å². The Morgan fingerprint density at radius 2 is 1.93 bits per heavy atom. The topological polar surface area (TPSA) is 73.9 Å². The fourth-order valence-electron chi connectivity index (χ4n) is 3.56. The molecule has 28 heavy (non-hydrogen) atoms. The number of nitrogens with one attached hydrogen (secondary N) is 1. The maximum Gasteiger partial charge on any atom is 0.341 e. The van der Waals surface area contributed by atoms with Crippen LogP contribution in [0.3, 0.4) is 0 Å². The number of carbonyl (C=O) groups excluding carboxylic acids is 2. The van der Waals surface area contributed by atoms with Crippen molar-refractivity contribution >= 4 is 28.2 Å². The molecule has 1 aromatic carbocycles. The average Bonchev–Trinajstić information content (AvgIpc) is 3.09. The van der Waals surface area contributed by atoms with Gasteiger partial charge in [-0.1, -0.05) is 13.3 Å². The minimum atomic E-state index is -0.407. The fraction of sp³-hybridized carbons (Fsp3) is 0.429. The van der Waals surface area contributed by atoms with Crippen LogP contribution in [-0.4, -0.2) is 33.2 Å². The molecule has 150 valence electrons. The summed E-state index contributed by atoms with van der Waals surface area (Å²) in [5.41, 5.74) is 1.93. The zero-order valence-corrected chi connectivity index (χ0v) is 17.4. The van der Waals surface area contributed by atoms with Crippen molar-refractivity contribution in [2.24, 2.45) is 5.92 Å². The highest BCUT2D eigenvalue weighted by atomic mass is 32.1. The van der Waals surface area contributed by atoms with Gasteiger partial charge in [0, 0.05) is 10.4 Å². The van der Waals surface area contributed by atoms with Crippen molar-refractivity contribution in [3.63, 3.8) is 0 Å². The lowest BCUT2D eigenvalue weighted by molar-refractivity contribution is 0.0601. The van der Waals surface area contributed by atoms with Crippen molar-refractivity contribution < 1.29 is 23.8 Å². The van der Waals surface area contributed by atoms with Crippen LogP contribution >= 0.6 is 11.3 Å². The molecule has 7 heteroatoms. The molecule has 0 radical (unpaired) electrons. The van der Waals surface area contributed by atoms with E-state index in [1.165, 1.54) is 30.4 Å². The van der Waals surface area contributed by atoms with E-state index < -0.39 is 5.97 Å². The summed E-state index contributed by atoms with van der Waals surface area (Å²) in [5.74, 6) is 0.920. The monoisotopic (exact) mass is 403 g/mol. The molecule has 0 bridgehead atoms. The summed E-state index contributed by atoms with van der Waals surface area (Å²) < 4.78 is 15.5. The maximum absolute atomic E-state index is 12.8. The van der Waals surface area contributed by atoms with E-state index in [0.717, 1.165) is 31.2 Å². The molecule has 1 heterocycles. The molecule has 1 atom stereocenters. The van der Waals surface area contributed by atoms with Crippen molar-refractivity contribution in [3.05, 3.63) is 39.8 Å². The average molecular weight is 404 g/mol. The molecular weight excluding hydrogens is 378 g/mol. The number of thiophene rings is 1. The number of fused-ring (bicyclic) bond motifs is 1. The lowest BCUT2D eigenvalue weighted by Gasteiger charge is -2.20. The van der Waals surface area contributed by atoms with Gasteiger partial charge in [-0.2, -0.15) is 0 Å². The van der Waals surface area contributed by atoms with Gasteiger partial charge in [0.1, 0.15) is 5.00 Å². The summed E-state index contributed by atoms with van der Waals surface area (Å²) in [7, 11) is 4.43. The number of hydrogen-bond donors (Lipinski definition) is 1. The minimum absolute atomic E-state index is 0.309. The molecule has 1 unspecified atom stereocenters. The van der Waals surface area contributed by atoms with Crippen molar-refractivity contribution in [1.29, 1.82) is 0 Å². The van der Waals surface area contributed by atoms with E-state index in [0.29, 0.717) is 33.5 Å². The van der Waals surface area contributed by atoms with Crippen LogP contribution in [0.2, 0.25) is 0 Å². The predicted molar refractivity (Wildman–Crippen MR) is 109 cm³/mol. The summed E-state index contributed by atoms with van der Waals surface area (Å²) in [5, 5.41) is 3.45. The molecule has 0 aliphatic heterocycles. The number of benzene rings is 1. The molecule has 6 nitrogen and oxygen atoms in total. The van der Waals surface area contributed by atoms with Crippen LogP contribution in [0.15, 0.2) is 18.2 Å². The second-order valence-electron chi connectivity index (χ2n) is 6.74. The molecule has 0 spiro atoms. The molecular formula is C21H25NO5S. The van der Waals surface area contributed by atoms with Crippen molar-refractivity contribution in [2.45, 2.75) is 32.6 Å². The van der Waals surface area contributed by atoms with E-state index in [1.807, 2.05) is 0 Å². The number of rotatable bonds is 6. The number of amides is 1. The Balaban J connectivity index is 1.92. The molecule has 2 aromatic rings. The smallest absolute Gasteiger partial charge is 0.341 e. The minimum Gasteiger partial charge on any atom is -0.493 e. The predicted octanol–water partition coefficient (Wildman–Crippen LogP) is 4.32. The Bertz CT molecular complexity index is 889. The quantitative estimate of drug-likeness (QED) is 0.727. The van der Waals surface area contributed by atoms with Gasteiger partial charge >= 0.3 is 5.97 Å². The second kappa shape index (κ2) is 8.65. The first-order valence-corrected chi connectivity index (χ1v) is 10.1. The Hall–Kier alpha value is -2.54. The highest BCUT2D eigenvalue weighted by molar-refractivity contribution is 7.17. The van der Waals surface area contributed by atoms with Crippen molar-refractivity contribution in [2.75, 3.05) is 26.6 Å². The summed E-state index contributed by atoms with van der Waals surface area (Å²) in [6.45, 7) is 2.18. The van der Waals surface area contributed by atoms with Crippen LogP contribution in [0.4, 0.5) is 5.00 Å². The van der Waals surface area contributed by atoms with Gasteiger partial charge in [0.2, 0.25) is 0 Å².